The van der Waals surface area contributed by atoms with Crippen molar-refractivity contribution in [3.8, 4) is 0 Å². The van der Waals surface area contributed by atoms with Crippen molar-refractivity contribution in [2.75, 3.05) is 32.0 Å². The molecule has 136 valence electrons. The van der Waals surface area contributed by atoms with Crippen LogP contribution in [-0.2, 0) is 9.59 Å². The summed E-state index contributed by atoms with van der Waals surface area (Å²) in [4.78, 5) is 27.3. The summed E-state index contributed by atoms with van der Waals surface area (Å²) in [7, 11) is 1.82. The molecular formula is C19H27FN3O2+. The first-order valence-corrected chi connectivity index (χ1v) is 8.85. The highest BCUT2D eigenvalue weighted by Crippen LogP contribution is 2.21. The largest absolute Gasteiger partial charge is 0.322 e. The highest BCUT2D eigenvalue weighted by Gasteiger charge is 2.23. The van der Waals surface area contributed by atoms with Gasteiger partial charge in [0.2, 0.25) is 0 Å². The summed E-state index contributed by atoms with van der Waals surface area (Å²) in [6.45, 7) is 3.18. The van der Waals surface area contributed by atoms with Gasteiger partial charge in [-0.2, -0.15) is 0 Å². The molecule has 2 amide bonds. The number of anilines is 1. The maximum absolute atomic E-state index is 13.1. The minimum absolute atomic E-state index is 0.0473. The summed E-state index contributed by atoms with van der Waals surface area (Å²) >= 11 is 0. The first kappa shape index (κ1) is 19.1. The number of hydrogen-bond donors (Lipinski definition) is 2. The van der Waals surface area contributed by atoms with Gasteiger partial charge in [0, 0.05) is 17.9 Å². The Hall–Kier alpha value is -2.21. The van der Waals surface area contributed by atoms with Crippen LogP contribution < -0.4 is 10.2 Å². The van der Waals surface area contributed by atoms with Gasteiger partial charge < -0.3 is 15.1 Å². The van der Waals surface area contributed by atoms with Gasteiger partial charge in [0.05, 0.1) is 7.05 Å². The molecule has 0 fully saturated rings. The van der Waals surface area contributed by atoms with E-state index >= 15 is 0 Å². The van der Waals surface area contributed by atoms with E-state index in [0.717, 1.165) is 36.3 Å². The Kier molecular flexibility index (Phi) is 7.13. The number of carbonyl (C=O) groups is 2. The number of nitrogens with zero attached hydrogens (tertiary/aromatic N) is 1. The van der Waals surface area contributed by atoms with Crippen LogP contribution in [-0.4, -0.2) is 43.4 Å². The number of nitrogens with one attached hydrogen (secondary N) is 2. The van der Waals surface area contributed by atoms with E-state index in [-0.39, 0.29) is 24.9 Å². The standard InChI is InChI=1S/C19H26FN3O2/c1-3-11-23(17-9-4-5-10-17)19(25)14-22(2)13-18(24)21-16-8-6-7-15(20)12-16/h6-9,12H,3-5,10-11,13-14H2,1-2H3,(H,21,24)/p+1. The van der Waals surface area contributed by atoms with Crippen molar-refractivity contribution in [2.24, 2.45) is 0 Å². The van der Waals surface area contributed by atoms with Crippen LogP contribution in [0.3, 0.4) is 0 Å². The Morgan fingerprint density at radius 1 is 1.32 bits per heavy atom. The van der Waals surface area contributed by atoms with Crippen molar-refractivity contribution in [3.63, 3.8) is 0 Å². The number of halogens is 1. The van der Waals surface area contributed by atoms with Crippen molar-refractivity contribution < 1.29 is 18.9 Å². The Morgan fingerprint density at radius 2 is 2.12 bits per heavy atom. The Labute approximate surface area is 148 Å². The Balaban J connectivity index is 1.86. The molecule has 6 heteroatoms. The van der Waals surface area contributed by atoms with Gasteiger partial charge in [-0.3, -0.25) is 9.59 Å². The monoisotopic (exact) mass is 348 g/mol. The minimum Gasteiger partial charge on any atom is -0.322 e. The van der Waals surface area contributed by atoms with E-state index in [0.29, 0.717) is 12.2 Å². The van der Waals surface area contributed by atoms with E-state index in [1.807, 2.05) is 11.9 Å². The maximum Gasteiger partial charge on any atom is 0.281 e. The van der Waals surface area contributed by atoms with Crippen molar-refractivity contribution >= 4 is 17.5 Å². The first-order valence-electron chi connectivity index (χ1n) is 8.85. The van der Waals surface area contributed by atoms with Gasteiger partial charge in [0.15, 0.2) is 13.1 Å². The topological polar surface area (TPSA) is 53.9 Å². The molecule has 1 aliphatic carbocycles. The Bertz CT molecular complexity index is 645. The fourth-order valence-corrected chi connectivity index (χ4v) is 3.01. The SMILES string of the molecule is CCCN(C(=O)C[NH+](C)CC(=O)Nc1cccc(F)c1)C1=CCCC1. The van der Waals surface area contributed by atoms with Crippen molar-refractivity contribution in [2.45, 2.75) is 32.6 Å². The lowest BCUT2D eigenvalue weighted by molar-refractivity contribution is -0.862. The highest BCUT2D eigenvalue weighted by molar-refractivity contribution is 5.91. The van der Waals surface area contributed by atoms with Crippen LogP contribution >= 0.6 is 0 Å². The molecule has 1 atom stereocenters. The molecule has 0 saturated carbocycles. The molecule has 0 bridgehead atoms. The van der Waals surface area contributed by atoms with Gasteiger partial charge in [-0.25, -0.2) is 4.39 Å². The second kappa shape index (κ2) is 9.32. The molecule has 2 rings (SSSR count). The van der Waals surface area contributed by atoms with E-state index in [1.54, 1.807) is 12.1 Å². The first-order chi connectivity index (χ1) is 12.0. The molecule has 0 heterocycles. The number of hydrogen-bond acceptors (Lipinski definition) is 2. The number of benzene rings is 1. The van der Waals surface area contributed by atoms with Gasteiger partial charge in [-0.15, -0.1) is 0 Å². The predicted octanol–water partition coefficient (Wildman–Crippen LogP) is 1.59. The normalized spacial score (nSPS) is 14.8. The fourth-order valence-electron chi connectivity index (χ4n) is 3.01. The van der Waals surface area contributed by atoms with E-state index in [1.165, 1.54) is 12.1 Å². The highest BCUT2D eigenvalue weighted by atomic mass is 19.1. The number of likely N-dealkylation sites (N-methyl/N-ethyl adjacent to an activating group) is 1. The molecule has 5 nitrogen and oxygen atoms in total. The second-order valence-electron chi connectivity index (χ2n) is 6.50. The Morgan fingerprint density at radius 3 is 2.76 bits per heavy atom. The minimum atomic E-state index is -0.395. The van der Waals surface area contributed by atoms with Gasteiger partial charge >= 0.3 is 0 Å². The molecule has 0 aromatic heterocycles. The van der Waals surface area contributed by atoms with Crippen LogP contribution in [0, 0.1) is 5.82 Å². The third-order valence-electron chi connectivity index (χ3n) is 4.14. The number of rotatable bonds is 8. The number of allylic oxidation sites excluding steroid dienone is 2. The number of carbonyl (C=O) groups excluding carboxylic acids is 2. The quantitative estimate of drug-likeness (QED) is 0.750. The maximum atomic E-state index is 13.1. The zero-order chi connectivity index (χ0) is 18.2. The van der Waals surface area contributed by atoms with Crippen LogP contribution in [0.25, 0.3) is 0 Å². The summed E-state index contributed by atoms with van der Waals surface area (Å²) in [6.07, 6.45) is 6.12. The summed E-state index contributed by atoms with van der Waals surface area (Å²) in [5.74, 6) is -0.585. The zero-order valence-electron chi connectivity index (χ0n) is 15.0. The van der Waals surface area contributed by atoms with Gasteiger partial charge in [-0.1, -0.05) is 19.1 Å². The fraction of sp³-hybridized carbons (Fsp3) is 0.474. The van der Waals surface area contributed by atoms with Gasteiger partial charge in [0.1, 0.15) is 5.82 Å². The molecule has 0 saturated heterocycles. The van der Waals surface area contributed by atoms with Crippen LogP contribution in [0.15, 0.2) is 36.0 Å². The van der Waals surface area contributed by atoms with Crippen LogP contribution in [0.1, 0.15) is 32.6 Å². The van der Waals surface area contributed by atoms with E-state index in [9.17, 15) is 14.0 Å². The molecule has 1 aromatic carbocycles. The van der Waals surface area contributed by atoms with E-state index in [4.69, 9.17) is 0 Å². The van der Waals surface area contributed by atoms with E-state index < -0.39 is 5.82 Å². The third-order valence-corrected chi connectivity index (χ3v) is 4.14. The summed E-state index contributed by atoms with van der Waals surface area (Å²) in [5, 5.41) is 2.66. The predicted molar refractivity (Wildman–Crippen MR) is 95.6 cm³/mol. The molecule has 25 heavy (non-hydrogen) atoms. The smallest absolute Gasteiger partial charge is 0.281 e. The molecule has 0 radical (unpaired) electrons. The molecule has 0 aliphatic heterocycles. The van der Waals surface area contributed by atoms with E-state index in [2.05, 4.69) is 18.3 Å². The van der Waals surface area contributed by atoms with Crippen LogP contribution in [0.5, 0.6) is 0 Å². The van der Waals surface area contributed by atoms with Crippen molar-refractivity contribution in [1.29, 1.82) is 0 Å². The zero-order valence-corrected chi connectivity index (χ0v) is 15.0. The molecule has 1 aromatic rings. The van der Waals surface area contributed by atoms with Gasteiger partial charge in [0.25, 0.3) is 11.8 Å². The molecular weight excluding hydrogens is 321 g/mol. The average molecular weight is 348 g/mol. The second-order valence-corrected chi connectivity index (χ2v) is 6.50. The lowest BCUT2D eigenvalue weighted by Gasteiger charge is -2.24. The lowest BCUT2D eigenvalue weighted by Crippen LogP contribution is -3.11. The number of amides is 2. The summed E-state index contributed by atoms with van der Waals surface area (Å²) in [6, 6.07) is 5.78. The van der Waals surface area contributed by atoms with Crippen LogP contribution in [0.2, 0.25) is 0 Å². The third kappa shape index (κ3) is 5.98. The van der Waals surface area contributed by atoms with Crippen molar-refractivity contribution in [1.82, 2.24) is 4.90 Å². The van der Waals surface area contributed by atoms with Crippen LogP contribution in [0.4, 0.5) is 10.1 Å². The number of quaternary nitrogens is 1. The average Bonchev–Trinajstić information content (AvgIpc) is 3.06. The molecule has 2 N–H and O–H groups in total. The van der Waals surface area contributed by atoms with Crippen molar-refractivity contribution in [3.05, 3.63) is 41.9 Å². The summed E-state index contributed by atoms with van der Waals surface area (Å²) < 4.78 is 13.1. The summed E-state index contributed by atoms with van der Waals surface area (Å²) in [5.41, 5.74) is 1.54. The molecule has 1 aliphatic rings. The molecule has 1 unspecified atom stereocenters. The lowest BCUT2D eigenvalue weighted by atomic mass is 10.2. The van der Waals surface area contributed by atoms with Gasteiger partial charge in [-0.05, 0) is 43.9 Å². The molecule has 0 spiro atoms.